The number of sulfonamides is 1. The van der Waals surface area contributed by atoms with E-state index in [0.29, 0.717) is 17.1 Å². The van der Waals surface area contributed by atoms with Crippen LogP contribution in [0.2, 0.25) is 0 Å². The molecule has 0 radical (unpaired) electrons. The molecule has 0 aliphatic heterocycles. The zero-order chi connectivity index (χ0) is 24.1. The van der Waals surface area contributed by atoms with Gasteiger partial charge in [-0.15, -0.1) is 0 Å². The Morgan fingerprint density at radius 1 is 0.912 bits per heavy atom. The zero-order valence-corrected chi connectivity index (χ0v) is 19.3. The molecule has 4 rings (SSSR count). The molecular formula is C23H22N8O2S. The molecule has 34 heavy (non-hydrogen) atoms. The molecule has 0 atom stereocenters. The van der Waals surface area contributed by atoms with Gasteiger partial charge in [0.2, 0.25) is 11.9 Å². The van der Waals surface area contributed by atoms with Gasteiger partial charge in [0.15, 0.2) is 0 Å². The molecule has 2 aromatic carbocycles. The number of nitrogens with two attached hydrogens (primary N) is 1. The average molecular weight is 475 g/mol. The lowest BCUT2D eigenvalue weighted by molar-refractivity contribution is 0.601. The summed E-state index contributed by atoms with van der Waals surface area (Å²) >= 11 is 0. The summed E-state index contributed by atoms with van der Waals surface area (Å²) in [4.78, 5) is 21.0. The summed E-state index contributed by atoms with van der Waals surface area (Å²) < 4.78 is 27.7. The number of nitrogens with one attached hydrogen (secondary N) is 2. The second kappa shape index (κ2) is 9.63. The highest BCUT2D eigenvalue weighted by Gasteiger charge is 2.16. The number of benzene rings is 2. The van der Waals surface area contributed by atoms with Crippen LogP contribution in [-0.2, 0) is 10.0 Å². The average Bonchev–Trinajstić information content (AvgIpc) is 2.79. The fraction of sp³-hybridized carbons (Fsp3) is 0.0870. The van der Waals surface area contributed by atoms with E-state index in [4.69, 9.17) is 5.73 Å². The Balaban J connectivity index is 1.46. The Hall–Kier alpha value is -4.38. The molecular weight excluding hydrogens is 452 g/mol. The summed E-state index contributed by atoms with van der Waals surface area (Å²) in [6, 6.07) is 19.2. The molecule has 172 valence electrons. The highest BCUT2D eigenvalue weighted by Crippen LogP contribution is 2.19. The molecule has 0 bridgehead atoms. The molecule has 0 aliphatic rings. The molecule has 0 aliphatic carbocycles. The van der Waals surface area contributed by atoms with Crippen LogP contribution in [0.3, 0.4) is 0 Å². The number of rotatable bonds is 6. The van der Waals surface area contributed by atoms with Gasteiger partial charge in [0.1, 0.15) is 0 Å². The van der Waals surface area contributed by atoms with E-state index in [0.717, 1.165) is 11.3 Å². The van der Waals surface area contributed by atoms with Crippen molar-refractivity contribution in [2.24, 2.45) is 10.7 Å². The van der Waals surface area contributed by atoms with Gasteiger partial charge in [0.25, 0.3) is 16.0 Å². The van der Waals surface area contributed by atoms with Gasteiger partial charge in [-0.2, -0.15) is 4.99 Å². The third kappa shape index (κ3) is 5.70. The number of guanidine groups is 1. The molecule has 11 heteroatoms. The van der Waals surface area contributed by atoms with Crippen molar-refractivity contribution >= 4 is 33.6 Å². The first-order valence-corrected chi connectivity index (χ1v) is 11.7. The van der Waals surface area contributed by atoms with E-state index < -0.39 is 10.0 Å². The van der Waals surface area contributed by atoms with Crippen molar-refractivity contribution in [2.75, 3.05) is 10.0 Å². The van der Waals surface area contributed by atoms with Gasteiger partial charge in [-0.3, -0.25) is 0 Å². The van der Waals surface area contributed by atoms with Crippen LogP contribution in [0.1, 0.15) is 11.4 Å². The van der Waals surface area contributed by atoms with E-state index >= 15 is 0 Å². The first-order chi connectivity index (χ1) is 16.3. The van der Waals surface area contributed by atoms with E-state index in [-0.39, 0.29) is 22.8 Å². The number of aryl methyl sites for hydroxylation is 2. The second-order valence-electron chi connectivity index (χ2n) is 7.33. The van der Waals surface area contributed by atoms with Crippen molar-refractivity contribution in [1.29, 1.82) is 0 Å². The molecule has 0 spiro atoms. The van der Waals surface area contributed by atoms with Crippen LogP contribution in [0.5, 0.6) is 0 Å². The fourth-order valence-electron chi connectivity index (χ4n) is 3.12. The number of hydrogen-bond donors (Lipinski definition) is 3. The first-order valence-electron chi connectivity index (χ1n) is 10.2. The van der Waals surface area contributed by atoms with Crippen LogP contribution >= 0.6 is 0 Å². The minimum absolute atomic E-state index is 0.0220. The summed E-state index contributed by atoms with van der Waals surface area (Å²) in [5, 5.41) is 2.90. The number of anilines is 2. The van der Waals surface area contributed by atoms with Crippen LogP contribution in [0, 0.1) is 13.8 Å². The zero-order valence-electron chi connectivity index (χ0n) is 18.5. The number of hydrogen-bond acceptors (Lipinski definition) is 7. The minimum Gasteiger partial charge on any atom is -0.369 e. The highest BCUT2D eigenvalue weighted by molar-refractivity contribution is 7.92. The lowest BCUT2D eigenvalue weighted by Crippen LogP contribution is -2.22. The smallest absolute Gasteiger partial charge is 0.264 e. The summed E-state index contributed by atoms with van der Waals surface area (Å²) in [6.07, 6.45) is 1.60. The Morgan fingerprint density at radius 2 is 1.59 bits per heavy atom. The fourth-order valence-corrected chi connectivity index (χ4v) is 4.07. The maximum atomic E-state index is 12.7. The third-order valence-corrected chi connectivity index (χ3v) is 5.92. The molecule has 0 fully saturated rings. The van der Waals surface area contributed by atoms with E-state index in [1.54, 1.807) is 44.3 Å². The van der Waals surface area contributed by atoms with Crippen molar-refractivity contribution < 1.29 is 8.42 Å². The number of aliphatic imine (C=N–C) groups is 1. The molecule has 4 aromatic rings. The molecule has 0 unspecified atom stereocenters. The highest BCUT2D eigenvalue weighted by atomic mass is 32.2. The van der Waals surface area contributed by atoms with E-state index in [9.17, 15) is 8.42 Å². The molecule has 0 amide bonds. The standard InChI is InChI=1S/C23H22N8O2S/c1-15-14-16(2)27-23(26-15)31-34(32,33)19-10-8-18(9-11-19)28-21(24)30-22-25-13-12-20(29-22)17-6-4-3-5-7-17/h3-14H,1-2H3,(H,26,27,31)(H3,24,25,28,29,30). The maximum absolute atomic E-state index is 12.7. The van der Waals surface area contributed by atoms with Crippen molar-refractivity contribution in [1.82, 2.24) is 19.9 Å². The van der Waals surface area contributed by atoms with E-state index in [2.05, 4.69) is 35.0 Å². The topological polar surface area (TPSA) is 148 Å². The van der Waals surface area contributed by atoms with Crippen molar-refractivity contribution in [3.05, 3.63) is 84.3 Å². The molecule has 10 nitrogen and oxygen atoms in total. The quantitative estimate of drug-likeness (QED) is 0.284. The van der Waals surface area contributed by atoms with Gasteiger partial charge in [0, 0.05) is 28.8 Å². The Bertz CT molecular complexity index is 1420. The normalized spacial score (nSPS) is 11.8. The largest absolute Gasteiger partial charge is 0.369 e. The van der Waals surface area contributed by atoms with E-state index in [1.807, 2.05) is 30.3 Å². The predicted octanol–water partition coefficient (Wildman–Crippen LogP) is 3.41. The number of nitrogens with zero attached hydrogens (tertiary/aromatic N) is 5. The molecule has 2 heterocycles. The van der Waals surface area contributed by atoms with Crippen molar-refractivity contribution in [2.45, 2.75) is 18.7 Å². The minimum atomic E-state index is -3.86. The SMILES string of the molecule is Cc1cc(C)nc(NS(=O)(=O)c2ccc(N/C(N)=N/c3nccc(-c4ccccc4)n3)cc2)n1. The molecule has 2 aromatic heterocycles. The van der Waals surface area contributed by atoms with Gasteiger partial charge < -0.3 is 11.1 Å². The molecule has 0 saturated carbocycles. The second-order valence-corrected chi connectivity index (χ2v) is 9.02. The van der Waals surface area contributed by atoms with Crippen LogP contribution < -0.4 is 15.8 Å². The van der Waals surface area contributed by atoms with Crippen LogP contribution in [-0.4, -0.2) is 34.3 Å². The van der Waals surface area contributed by atoms with Gasteiger partial charge in [-0.1, -0.05) is 30.3 Å². The summed E-state index contributed by atoms with van der Waals surface area (Å²) in [6.45, 7) is 3.53. The van der Waals surface area contributed by atoms with Crippen LogP contribution in [0.15, 0.2) is 82.8 Å². The third-order valence-electron chi connectivity index (χ3n) is 4.58. The van der Waals surface area contributed by atoms with Crippen LogP contribution in [0.25, 0.3) is 11.3 Å². The van der Waals surface area contributed by atoms with Gasteiger partial charge in [-0.05, 0) is 50.2 Å². The summed E-state index contributed by atoms with van der Waals surface area (Å²) in [7, 11) is -3.86. The Labute approximate surface area is 197 Å². The molecule has 4 N–H and O–H groups in total. The lowest BCUT2D eigenvalue weighted by atomic mass is 10.1. The van der Waals surface area contributed by atoms with Gasteiger partial charge >= 0.3 is 0 Å². The lowest BCUT2D eigenvalue weighted by Gasteiger charge is -2.09. The van der Waals surface area contributed by atoms with Gasteiger partial charge in [-0.25, -0.2) is 33.1 Å². The van der Waals surface area contributed by atoms with Crippen LogP contribution in [0.4, 0.5) is 17.6 Å². The van der Waals surface area contributed by atoms with Crippen molar-refractivity contribution in [3.63, 3.8) is 0 Å². The Kier molecular flexibility index (Phi) is 6.46. The Morgan fingerprint density at radius 3 is 2.26 bits per heavy atom. The van der Waals surface area contributed by atoms with E-state index in [1.165, 1.54) is 12.1 Å². The molecule has 0 saturated heterocycles. The maximum Gasteiger partial charge on any atom is 0.264 e. The van der Waals surface area contributed by atoms with Crippen molar-refractivity contribution in [3.8, 4) is 11.3 Å². The summed E-state index contributed by atoms with van der Waals surface area (Å²) in [5.41, 5.74) is 9.52. The predicted molar refractivity (Wildman–Crippen MR) is 131 cm³/mol. The first kappa shape index (κ1) is 22.8. The monoisotopic (exact) mass is 474 g/mol. The number of aromatic nitrogens is 4. The van der Waals surface area contributed by atoms with Gasteiger partial charge in [0.05, 0.1) is 10.6 Å². The summed E-state index contributed by atoms with van der Waals surface area (Å²) in [5.74, 6) is 0.277.